The molecule has 5 nitrogen and oxygen atoms in total. The Morgan fingerprint density at radius 1 is 1.22 bits per heavy atom. The fraction of sp³-hybridized carbons (Fsp3) is 0.556. The lowest BCUT2D eigenvalue weighted by molar-refractivity contribution is -0.118. The Kier molecular flexibility index (Phi) is 4.96. The van der Waals surface area contributed by atoms with Gasteiger partial charge in [-0.15, -0.1) is 0 Å². The van der Waals surface area contributed by atoms with Crippen LogP contribution < -0.4 is 16.0 Å². The number of nitrogens with two attached hydrogens (primary N) is 1. The largest absolute Gasteiger partial charge is 0.327 e. The van der Waals surface area contributed by atoms with E-state index in [1.165, 1.54) is 6.42 Å². The zero-order chi connectivity index (χ0) is 16.2. The van der Waals surface area contributed by atoms with Crippen LogP contribution in [0.5, 0.6) is 0 Å². The second-order valence-corrected chi connectivity index (χ2v) is 6.63. The van der Waals surface area contributed by atoms with Gasteiger partial charge in [0.05, 0.1) is 11.4 Å². The SMILES string of the molecule is NC1CCCCC1CC(=O)Nc1ccccc1N1CCCC1=O. The number of anilines is 2. The van der Waals surface area contributed by atoms with Gasteiger partial charge in [0.1, 0.15) is 0 Å². The van der Waals surface area contributed by atoms with Gasteiger partial charge in [0.2, 0.25) is 11.8 Å². The molecule has 2 aliphatic rings. The molecule has 1 saturated heterocycles. The van der Waals surface area contributed by atoms with Gasteiger partial charge in [-0.3, -0.25) is 9.59 Å². The second kappa shape index (κ2) is 7.13. The van der Waals surface area contributed by atoms with Crippen LogP contribution in [0.15, 0.2) is 24.3 Å². The zero-order valence-electron chi connectivity index (χ0n) is 13.5. The summed E-state index contributed by atoms with van der Waals surface area (Å²) in [6.07, 6.45) is 6.28. The van der Waals surface area contributed by atoms with Gasteiger partial charge in [0.15, 0.2) is 0 Å². The third-order valence-electron chi connectivity index (χ3n) is 4.96. The molecular weight excluding hydrogens is 290 g/mol. The minimum atomic E-state index is -0.00792. The van der Waals surface area contributed by atoms with E-state index >= 15 is 0 Å². The molecule has 0 spiro atoms. The molecule has 3 N–H and O–H groups in total. The Morgan fingerprint density at radius 2 is 2.00 bits per heavy atom. The van der Waals surface area contributed by atoms with Gasteiger partial charge in [-0.2, -0.15) is 0 Å². The molecule has 124 valence electrons. The number of carbonyl (C=O) groups excluding carboxylic acids is 2. The van der Waals surface area contributed by atoms with E-state index in [0.717, 1.165) is 43.6 Å². The number of hydrogen-bond acceptors (Lipinski definition) is 3. The lowest BCUT2D eigenvalue weighted by Gasteiger charge is -2.28. The molecule has 1 aromatic carbocycles. The van der Waals surface area contributed by atoms with Crippen LogP contribution in [0.3, 0.4) is 0 Å². The number of rotatable bonds is 4. The van der Waals surface area contributed by atoms with Crippen molar-refractivity contribution < 1.29 is 9.59 Å². The summed E-state index contributed by atoms with van der Waals surface area (Å²) >= 11 is 0. The molecule has 2 amide bonds. The molecule has 1 saturated carbocycles. The number of para-hydroxylation sites is 2. The first-order valence-corrected chi connectivity index (χ1v) is 8.60. The monoisotopic (exact) mass is 315 g/mol. The highest BCUT2D eigenvalue weighted by Crippen LogP contribution is 2.30. The topological polar surface area (TPSA) is 75.4 Å². The molecule has 1 heterocycles. The summed E-state index contributed by atoms with van der Waals surface area (Å²) in [5, 5.41) is 2.99. The third-order valence-corrected chi connectivity index (χ3v) is 4.96. The summed E-state index contributed by atoms with van der Waals surface area (Å²) in [6, 6.07) is 7.66. The molecule has 5 heteroatoms. The maximum absolute atomic E-state index is 12.4. The Hall–Kier alpha value is -1.88. The van der Waals surface area contributed by atoms with Crippen molar-refractivity contribution in [2.75, 3.05) is 16.8 Å². The van der Waals surface area contributed by atoms with Crippen LogP contribution in [0.25, 0.3) is 0 Å². The second-order valence-electron chi connectivity index (χ2n) is 6.63. The fourth-order valence-corrected chi connectivity index (χ4v) is 3.65. The van der Waals surface area contributed by atoms with E-state index in [1.54, 1.807) is 4.90 Å². The van der Waals surface area contributed by atoms with Crippen LogP contribution in [-0.4, -0.2) is 24.4 Å². The van der Waals surface area contributed by atoms with Crippen LogP contribution in [0, 0.1) is 5.92 Å². The van der Waals surface area contributed by atoms with E-state index in [9.17, 15) is 9.59 Å². The Morgan fingerprint density at radius 3 is 2.74 bits per heavy atom. The van der Waals surface area contributed by atoms with Gasteiger partial charge < -0.3 is 16.0 Å². The van der Waals surface area contributed by atoms with E-state index < -0.39 is 0 Å². The standard InChI is InChI=1S/C18H25N3O2/c19-14-7-2-1-6-13(14)12-17(22)20-15-8-3-4-9-16(15)21-11-5-10-18(21)23/h3-4,8-9,13-14H,1-2,5-7,10-12,19H2,(H,20,22). The van der Waals surface area contributed by atoms with Gasteiger partial charge in [-0.05, 0) is 37.3 Å². The van der Waals surface area contributed by atoms with E-state index in [-0.39, 0.29) is 23.8 Å². The summed E-state index contributed by atoms with van der Waals surface area (Å²) < 4.78 is 0. The van der Waals surface area contributed by atoms with E-state index in [4.69, 9.17) is 5.73 Å². The Bertz CT molecular complexity index is 587. The van der Waals surface area contributed by atoms with Crippen LogP contribution in [0.1, 0.15) is 44.9 Å². The molecule has 2 atom stereocenters. The molecule has 1 aliphatic carbocycles. The number of nitrogens with zero attached hydrogens (tertiary/aromatic N) is 1. The summed E-state index contributed by atoms with van der Waals surface area (Å²) in [7, 11) is 0. The molecule has 0 bridgehead atoms. The first kappa shape index (κ1) is 16.0. The lowest BCUT2D eigenvalue weighted by atomic mass is 9.83. The number of carbonyl (C=O) groups is 2. The molecule has 1 aromatic rings. The number of nitrogens with one attached hydrogen (secondary N) is 1. The predicted octanol–water partition coefficient (Wildman–Crippen LogP) is 2.66. The fourth-order valence-electron chi connectivity index (χ4n) is 3.65. The van der Waals surface area contributed by atoms with Crippen molar-refractivity contribution in [3.8, 4) is 0 Å². The van der Waals surface area contributed by atoms with Crippen LogP contribution in [0.2, 0.25) is 0 Å². The maximum atomic E-state index is 12.4. The minimum Gasteiger partial charge on any atom is -0.327 e. The molecule has 3 rings (SSSR count). The Labute approximate surface area is 137 Å². The van der Waals surface area contributed by atoms with Crippen molar-refractivity contribution in [2.45, 2.75) is 51.0 Å². The van der Waals surface area contributed by atoms with Gasteiger partial charge in [0.25, 0.3) is 0 Å². The zero-order valence-corrected chi connectivity index (χ0v) is 13.5. The van der Waals surface area contributed by atoms with Gasteiger partial charge >= 0.3 is 0 Å². The molecule has 2 unspecified atom stereocenters. The highest BCUT2D eigenvalue weighted by Gasteiger charge is 2.26. The van der Waals surface area contributed by atoms with Crippen molar-refractivity contribution in [3.05, 3.63) is 24.3 Å². The summed E-state index contributed by atoms with van der Waals surface area (Å²) in [4.78, 5) is 26.1. The predicted molar refractivity (Wildman–Crippen MR) is 91.2 cm³/mol. The van der Waals surface area contributed by atoms with Crippen molar-refractivity contribution in [2.24, 2.45) is 11.7 Å². The summed E-state index contributed by atoms with van der Waals surface area (Å²) in [5.74, 6) is 0.386. The number of amides is 2. The summed E-state index contributed by atoms with van der Waals surface area (Å²) in [6.45, 7) is 0.721. The maximum Gasteiger partial charge on any atom is 0.227 e. The normalized spacial score (nSPS) is 24.7. The first-order chi connectivity index (χ1) is 11.1. The highest BCUT2D eigenvalue weighted by molar-refractivity contribution is 6.02. The number of hydrogen-bond donors (Lipinski definition) is 2. The minimum absolute atomic E-state index is 0.00792. The van der Waals surface area contributed by atoms with Crippen molar-refractivity contribution >= 4 is 23.2 Å². The van der Waals surface area contributed by atoms with Crippen molar-refractivity contribution in [3.63, 3.8) is 0 Å². The number of benzene rings is 1. The Balaban J connectivity index is 1.67. The third kappa shape index (κ3) is 3.72. The highest BCUT2D eigenvalue weighted by atomic mass is 16.2. The summed E-state index contributed by atoms with van der Waals surface area (Å²) in [5.41, 5.74) is 7.66. The molecule has 1 aliphatic heterocycles. The van der Waals surface area contributed by atoms with Gasteiger partial charge in [-0.1, -0.05) is 25.0 Å². The van der Waals surface area contributed by atoms with Crippen molar-refractivity contribution in [1.29, 1.82) is 0 Å². The van der Waals surface area contributed by atoms with Gasteiger partial charge in [0, 0.05) is 25.4 Å². The van der Waals surface area contributed by atoms with E-state index in [0.29, 0.717) is 12.8 Å². The van der Waals surface area contributed by atoms with Crippen LogP contribution in [-0.2, 0) is 9.59 Å². The van der Waals surface area contributed by atoms with Crippen LogP contribution in [0.4, 0.5) is 11.4 Å². The average Bonchev–Trinajstić information content (AvgIpc) is 2.96. The average molecular weight is 315 g/mol. The van der Waals surface area contributed by atoms with E-state index in [2.05, 4.69) is 5.32 Å². The van der Waals surface area contributed by atoms with Crippen molar-refractivity contribution in [1.82, 2.24) is 0 Å². The molecule has 0 aromatic heterocycles. The lowest BCUT2D eigenvalue weighted by Crippen LogP contribution is -2.35. The van der Waals surface area contributed by atoms with E-state index in [1.807, 2.05) is 24.3 Å². The first-order valence-electron chi connectivity index (χ1n) is 8.60. The van der Waals surface area contributed by atoms with Crippen LogP contribution >= 0.6 is 0 Å². The molecule has 23 heavy (non-hydrogen) atoms. The molecular formula is C18H25N3O2. The van der Waals surface area contributed by atoms with Gasteiger partial charge in [-0.25, -0.2) is 0 Å². The molecule has 0 radical (unpaired) electrons. The smallest absolute Gasteiger partial charge is 0.227 e. The molecule has 2 fully saturated rings. The quantitative estimate of drug-likeness (QED) is 0.897.